The summed E-state index contributed by atoms with van der Waals surface area (Å²) in [5.74, 6) is -1.31. The van der Waals surface area contributed by atoms with Gasteiger partial charge in [-0.3, -0.25) is 0 Å². The smallest absolute Gasteiger partial charge is 0.427 e. The standard InChI is InChI=1S/C18H23F3O5/c1-3-17(12-5-10-4-11(7-12)8-13(17)6-10)26-14(22)9-25-15(23)16(2,24)18(19,20)21/h3,10-13,24H,1,4-9H2,2H3. The van der Waals surface area contributed by atoms with Gasteiger partial charge in [-0.2, -0.15) is 13.2 Å². The topological polar surface area (TPSA) is 72.8 Å². The highest BCUT2D eigenvalue weighted by Gasteiger charge is 2.59. The minimum Gasteiger partial charge on any atom is -0.452 e. The monoisotopic (exact) mass is 376 g/mol. The highest BCUT2D eigenvalue weighted by molar-refractivity contribution is 5.82. The molecular formula is C18H23F3O5. The van der Waals surface area contributed by atoms with Crippen molar-refractivity contribution in [2.24, 2.45) is 23.7 Å². The number of esters is 2. The maximum absolute atomic E-state index is 12.6. The van der Waals surface area contributed by atoms with Crippen molar-refractivity contribution in [1.82, 2.24) is 0 Å². The van der Waals surface area contributed by atoms with Gasteiger partial charge in [0.15, 0.2) is 6.61 Å². The Morgan fingerprint density at radius 2 is 1.65 bits per heavy atom. The molecule has 0 amide bonds. The molecule has 4 bridgehead atoms. The molecule has 26 heavy (non-hydrogen) atoms. The maximum atomic E-state index is 12.6. The quantitative estimate of drug-likeness (QED) is 0.590. The van der Waals surface area contributed by atoms with Gasteiger partial charge in [0, 0.05) is 11.8 Å². The number of hydrogen-bond acceptors (Lipinski definition) is 5. The van der Waals surface area contributed by atoms with Crippen LogP contribution in [0.2, 0.25) is 0 Å². The van der Waals surface area contributed by atoms with Crippen LogP contribution in [0.15, 0.2) is 12.7 Å². The number of aliphatic hydroxyl groups is 1. The van der Waals surface area contributed by atoms with E-state index in [1.165, 1.54) is 6.42 Å². The van der Waals surface area contributed by atoms with Crippen molar-refractivity contribution in [1.29, 1.82) is 0 Å². The van der Waals surface area contributed by atoms with Gasteiger partial charge >= 0.3 is 18.1 Å². The molecule has 1 atom stereocenters. The van der Waals surface area contributed by atoms with Crippen LogP contribution in [-0.4, -0.2) is 41.0 Å². The molecule has 8 heteroatoms. The van der Waals surface area contributed by atoms with E-state index in [0.29, 0.717) is 11.8 Å². The van der Waals surface area contributed by atoms with Crippen LogP contribution in [0.25, 0.3) is 0 Å². The second kappa shape index (κ2) is 6.25. The summed E-state index contributed by atoms with van der Waals surface area (Å²) < 4.78 is 47.8. The first-order valence-electron chi connectivity index (χ1n) is 8.81. The highest BCUT2D eigenvalue weighted by Crippen LogP contribution is 2.60. The number of halogens is 3. The number of carbonyl (C=O) groups excluding carboxylic acids is 2. The molecule has 0 spiro atoms. The third-order valence-corrected chi connectivity index (χ3v) is 6.29. The fraction of sp³-hybridized carbons (Fsp3) is 0.778. The zero-order chi connectivity index (χ0) is 19.3. The van der Waals surface area contributed by atoms with Gasteiger partial charge in [0.1, 0.15) is 5.60 Å². The fourth-order valence-electron chi connectivity index (χ4n) is 5.07. The fourth-order valence-corrected chi connectivity index (χ4v) is 5.07. The lowest BCUT2D eigenvalue weighted by atomic mass is 9.50. The van der Waals surface area contributed by atoms with E-state index in [9.17, 15) is 27.9 Å². The third kappa shape index (κ3) is 3.02. The minimum absolute atomic E-state index is 0.147. The Kier molecular flexibility index (Phi) is 4.61. The average molecular weight is 376 g/mol. The van der Waals surface area contributed by atoms with E-state index >= 15 is 0 Å². The molecule has 0 aliphatic heterocycles. The molecule has 1 N–H and O–H groups in total. The van der Waals surface area contributed by atoms with Gasteiger partial charge in [-0.15, -0.1) is 0 Å². The summed E-state index contributed by atoms with van der Waals surface area (Å²) in [5, 5.41) is 9.25. The summed E-state index contributed by atoms with van der Waals surface area (Å²) in [7, 11) is 0. The van der Waals surface area contributed by atoms with Crippen LogP contribution in [0.4, 0.5) is 13.2 Å². The summed E-state index contributed by atoms with van der Waals surface area (Å²) in [6, 6.07) is 0. The van der Waals surface area contributed by atoms with Gasteiger partial charge in [-0.25, -0.2) is 9.59 Å². The van der Waals surface area contributed by atoms with E-state index < -0.39 is 35.9 Å². The Morgan fingerprint density at radius 3 is 2.08 bits per heavy atom. The number of hydrogen-bond donors (Lipinski definition) is 1. The predicted octanol–water partition coefficient (Wildman–Crippen LogP) is 2.77. The Balaban J connectivity index is 1.63. The molecule has 0 heterocycles. The van der Waals surface area contributed by atoms with E-state index in [2.05, 4.69) is 11.3 Å². The van der Waals surface area contributed by atoms with Gasteiger partial charge < -0.3 is 14.6 Å². The number of rotatable bonds is 5. The van der Waals surface area contributed by atoms with Gasteiger partial charge in [0.25, 0.3) is 5.60 Å². The van der Waals surface area contributed by atoms with Crippen molar-refractivity contribution >= 4 is 11.9 Å². The number of ether oxygens (including phenoxy) is 2. The van der Waals surface area contributed by atoms with E-state index in [4.69, 9.17) is 4.74 Å². The summed E-state index contributed by atoms with van der Waals surface area (Å²) in [6.07, 6.45) is 1.40. The lowest BCUT2D eigenvalue weighted by Crippen LogP contribution is -2.59. The molecule has 0 aromatic heterocycles. The lowest BCUT2D eigenvalue weighted by Gasteiger charge is -2.59. The van der Waals surface area contributed by atoms with Crippen molar-refractivity contribution in [2.75, 3.05) is 6.61 Å². The second-order valence-electron chi connectivity index (χ2n) is 7.98. The Morgan fingerprint density at radius 1 is 1.15 bits per heavy atom. The summed E-state index contributed by atoms with van der Waals surface area (Å²) in [6.45, 7) is 3.13. The van der Waals surface area contributed by atoms with Crippen LogP contribution >= 0.6 is 0 Å². The van der Waals surface area contributed by atoms with E-state index in [1.807, 2.05) is 0 Å². The second-order valence-corrected chi connectivity index (χ2v) is 7.98. The molecular weight excluding hydrogens is 353 g/mol. The van der Waals surface area contributed by atoms with Gasteiger partial charge in [0.05, 0.1) is 0 Å². The molecule has 0 aromatic carbocycles. The Labute approximate surface area is 149 Å². The van der Waals surface area contributed by atoms with Crippen molar-refractivity contribution in [3.05, 3.63) is 12.7 Å². The average Bonchev–Trinajstić information content (AvgIpc) is 2.54. The predicted molar refractivity (Wildman–Crippen MR) is 83.7 cm³/mol. The first kappa shape index (κ1) is 19.2. The molecule has 4 fully saturated rings. The summed E-state index contributed by atoms with van der Waals surface area (Å²) >= 11 is 0. The first-order chi connectivity index (χ1) is 12.0. The molecule has 4 saturated carbocycles. The molecule has 146 valence electrons. The van der Waals surface area contributed by atoms with E-state index in [-0.39, 0.29) is 18.8 Å². The molecule has 4 rings (SSSR count). The van der Waals surface area contributed by atoms with Gasteiger partial charge in [0.2, 0.25) is 0 Å². The lowest BCUT2D eigenvalue weighted by molar-refractivity contribution is -0.257. The van der Waals surface area contributed by atoms with Crippen LogP contribution in [0.3, 0.4) is 0 Å². The van der Waals surface area contributed by atoms with Gasteiger partial charge in [-0.05, 0) is 56.9 Å². The first-order valence-corrected chi connectivity index (χ1v) is 8.81. The molecule has 5 nitrogen and oxygen atoms in total. The zero-order valence-corrected chi connectivity index (χ0v) is 14.6. The summed E-state index contributed by atoms with van der Waals surface area (Å²) in [5.41, 5.74) is -4.52. The maximum Gasteiger partial charge on any atom is 0.427 e. The molecule has 4 aliphatic carbocycles. The molecule has 0 aromatic rings. The number of carbonyl (C=O) groups is 2. The Bertz CT molecular complexity index is 582. The molecule has 4 aliphatic rings. The summed E-state index contributed by atoms with van der Waals surface area (Å²) in [4.78, 5) is 23.7. The third-order valence-electron chi connectivity index (χ3n) is 6.29. The van der Waals surface area contributed by atoms with E-state index in [0.717, 1.165) is 25.7 Å². The van der Waals surface area contributed by atoms with Crippen LogP contribution in [0.5, 0.6) is 0 Å². The zero-order valence-electron chi connectivity index (χ0n) is 14.6. The highest BCUT2D eigenvalue weighted by atomic mass is 19.4. The van der Waals surface area contributed by atoms with Crippen LogP contribution < -0.4 is 0 Å². The normalized spacial score (nSPS) is 37.7. The number of alkyl halides is 3. The van der Waals surface area contributed by atoms with Gasteiger partial charge in [-0.1, -0.05) is 6.58 Å². The van der Waals surface area contributed by atoms with Crippen molar-refractivity contribution < 1.29 is 37.3 Å². The SMILES string of the molecule is C=CC1(OC(=O)COC(=O)C(C)(O)C(F)(F)F)C2CC3CC(C2)CC1C3. The van der Waals surface area contributed by atoms with Crippen molar-refractivity contribution in [3.8, 4) is 0 Å². The molecule has 1 unspecified atom stereocenters. The van der Waals surface area contributed by atoms with Crippen LogP contribution in [0.1, 0.15) is 39.0 Å². The Hall–Kier alpha value is -1.57. The minimum atomic E-state index is -5.20. The van der Waals surface area contributed by atoms with Crippen molar-refractivity contribution in [3.63, 3.8) is 0 Å². The molecule has 0 saturated heterocycles. The largest absolute Gasteiger partial charge is 0.452 e. The van der Waals surface area contributed by atoms with Crippen LogP contribution in [-0.2, 0) is 19.1 Å². The van der Waals surface area contributed by atoms with E-state index in [1.54, 1.807) is 6.08 Å². The van der Waals surface area contributed by atoms with Crippen LogP contribution in [0, 0.1) is 23.7 Å². The molecule has 0 radical (unpaired) electrons. The van der Waals surface area contributed by atoms with Crippen molar-refractivity contribution in [2.45, 2.75) is 56.4 Å².